The van der Waals surface area contributed by atoms with Crippen molar-refractivity contribution in [3.63, 3.8) is 0 Å². The second kappa shape index (κ2) is 5.65. The Morgan fingerprint density at radius 1 is 1.12 bits per heavy atom. The van der Waals surface area contributed by atoms with Gasteiger partial charge in [-0.1, -0.05) is 43.9 Å². The van der Waals surface area contributed by atoms with Crippen molar-refractivity contribution in [3.05, 3.63) is 30.3 Å². The summed E-state index contributed by atoms with van der Waals surface area (Å²) in [7, 11) is -3.43. The maximum Gasteiger partial charge on any atom is 0.256 e. The number of rotatable bonds is 5. The summed E-state index contributed by atoms with van der Waals surface area (Å²) in [6.45, 7) is 0.432. The quantitative estimate of drug-likeness (QED) is 0.808. The van der Waals surface area contributed by atoms with Gasteiger partial charge in [0.25, 0.3) is 10.0 Å². The predicted molar refractivity (Wildman–Crippen MR) is 67.2 cm³/mol. The van der Waals surface area contributed by atoms with Gasteiger partial charge in [-0.05, 0) is 24.5 Å². The van der Waals surface area contributed by atoms with Crippen molar-refractivity contribution < 1.29 is 8.42 Å². The lowest BCUT2D eigenvalue weighted by atomic mass is 10.1. The fourth-order valence-corrected chi connectivity index (χ4v) is 3.32. The third-order valence-electron chi connectivity index (χ3n) is 3.31. The normalized spacial score (nSPS) is 17.4. The van der Waals surface area contributed by atoms with Gasteiger partial charge in [0.05, 0.1) is 4.90 Å². The van der Waals surface area contributed by atoms with Crippen LogP contribution in [0.5, 0.6) is 0 Å². The van der Waals surface area contributed by atoms with E-state index in [0.717, 1.165) is 6.42 Å². The highest BCUT2D eigenvalue weighted by Crippen LogP contribution is 2.27. The molecule has 93 valence electrons. The molecule has 1 aromatic carbocycles. The van der Waals surface area contributed by atoms with E-state index in [-0.39, 0.29) is 0 Å². The molecular weight excluding hydrogens is 234 g/mol. The van der Waals surface area contributed by atoms with Gasteiger partial charge in [0, 0.05) is 6.54 Å². The predicted octanol–water partition coefficient (Wildman–Crippen LogP) is 2.56. The zero-order valence-electron chi connectivity index (χ0n) is 9.88. The van der Waals surface area contributed by atoms with E-state index in [1.54, 1.807) is 30.3 Å². The Labute approximate surface area is 103 Å². The maximum absolute atomic E-state index is 11.8. The van der Waals surface area contributed by atoms with Crippen molar-refractivity contribution >= 4 is 10.0 Å². The van der Waals surface area contributed by atoms with E-state index in [9.17, 15) is 8.42 Å². The highest BCUT2D eigenvalue weighted by molar-refractivity contribution is 7.89. The molecule has 17 heavy (non-hydrogen) atoms. The van der Waals surface area contributed by atoms with Gasteiger partial charge in [-0.2, -0.15) is 0 Å². The largest absolute Gasteiger partial charge is 0.256 e. The van der Waals surface area contributed by atoms with Crippen LogP contribution in [-0.4, -0.2) is 15.0 Å². The summed E-state index contributed by atoms with van der Waals surface area (Å²) in [6, 6.07) is 8.43. The molecule has 1 aromatic rings. The van der Waals surface area contributed by atoms with Gasteiger partial charge in [0.1, 0.15) is 0 Å². The average Bonchev–Trinajstić information content (AvgIpc) is 2.83. The minimum Gasteiger partial charge on any atom is -0.206 e. The smallest absolute Gasteiger partial charge is 0.206 e. The van der Waals surface area contributed by atoms with Crippen LogP contribution >= 0.6 is 0 Å². The molecule has 1 radical (unpaired) electrons. The van der Waals surface area contributed by atoms with E-state index in [0.29, 0.717) is 17.4 Å². The van der Waals surface area contributed by atoms with Crippen LogP contribution in [0.1, 0.15) is 32.1 Å². The van der Waals surface area contributed by atoms with Gasteiger partial charge in [0.2, 0.25) is 0 Å². The van der Waals surface area contributed by atoms with Gasteiger partial charge in [-0.3, -0.25) is 0 Å². The van der Waals surface area contributed by atoms with Crippen LogP contribution in [0.15, 0.2) is 35.2 Å². The van der Waals surface area contributed by atoms with Gasteiger partial charge in [0.15, 0.2) is 0 Å². The Morgan fingerprint density at radius 2 is 1.76 bits per heavy atom. The van der Waals surface area contributed by atoms with Gasteiger partial charge in [-0.15, -0.1) is 4.72 Å². The third-order valence-corrected chi connectivity index (χ3v) is 4.70. The van der Waals surface area contributed by atoms with Crippen LogP contribution < -0.4 is 4.72 Å². The standard InChI is InChI=1S/C13H18NO2S/c15-17(16,13-8-2-1-3-9-13)14-11-10-12-6-4-5-7-12/h1-3,8-9,12H,4-7,10-11H2. The number of benzene rings is 1. The lowest BCUT2D eigenvalue weighted by Crippen LogP contribution is -2.19. The lowest BCUT2D eigenvalue weighted by Gasteiger charge is -2.08. The Bertz CT molecular complexity index is 436. The minimum absolute atomic E-state index is 0.298. The molecule has 4 heteroatoms. The van der Waals surface area contributed by atoms with Crippen LogP contribution in [-0.2, 0) is 10.0 Å². The summed E-state index contributed by atoms with van der Waals surface area (Å²) >= 11 is 0. The molecule has 3 nitrogen and oxygen atoms in total. The molecule has 0 spiro atoms. The zero-order chi connectivity index (χ0) is 12.1. The molecule has 0 atom stereocenters. The van der Waals surface area contributed by atoms with Crippen LogP contribution in [0.25, 0.3) is 0 Å². The molecule has 1 aliphatic carbocycles. The van der Waals surface area contributed by atoms with Crippen molar-refractivity contribution in [1.82, 2.24) is 4.72 Å². The van der Waals surface area contributed by atoms with Gasteiger partial charge >= 0.3 is 0 Å². The minimum atomic E-state index is -3.43. The van der Waals surface area contributed by atoms with Crippen molar-refractivity contribution in [3.8, 4) is 0 Å². The van der Waals surface area contributed by atoms with E-state index in [1.807, 2.05) is 0 Å². The van der Waals surface area contributed by atoms with Gasteiger partial charge < -0.3 is 0 Å². The fraction of sp³-hybridized carbons (Fsp3) is 0.538. The Hall–Kier alpha value is -0.870. The Morgan fingerprint density at radius 3 is 2.41 bits per heavy atom. The third kappa shape index (κ3) is 3.54. The van der Waals surface area contributed by atoms with Crippen LogP contribution in [0.3, 0.4) is 0 Å². The molecule has 0 unspecified atom stereocenters. The topological polar surface area (TPSA) is 48.2 Å². The highest BCUT2D eigenvalue weighted by atomic mass is 32.2. The van der Waals surface area contributed by atoms with Crippen molar-refractivity contribution in [2.24, 2.45) is 5.92 Å². The Balaban J connectivity index is 1.85. The molecular formula is C13H18NO2S. The van der Waals surface area contributed by atoms with E-state index in [4.69, 9.17) is 0 Å². The molecule has 0 aliphatic heterocycles. The van der Waals surface area contributed by atoms with Crippen LogP contribution in [0.2, 0.25) is 0 Å². The van der Waals surface area contributed by atoms with Crippen molar-refractivity contribution in [2.75, 3.05) is 6.54 Å². The van der Waals surface area contributed by atoms with Crippen LogP contribution in [0, 0.1) is 5.92 Å². The molecule has 0 aromatic heterocycles. The molecule has 1 aliphatic rings. The maximum atomic E-state index is 11.8. The first-order valence-corrected chi connectivity index (χ1v) is 7.61. The lowest BCUT2D eigenvalue weighted by molar-refractivity contribution is 0.494. The molecule has 0 N–H and O–H groups in total. The molecule has 0 bridgehead atoms. The summed E-state index contributed by atoms with van der Waals surface area (Å²) in [5.74, 6) is 0.685. The zero-order valence-corrected chi connectivity index (χ0v) is 10.7. The summed E-state index contributed by atoms with van der Waals surface area (Å²) in [6.07, 6.45) is 5.96. The first-order valence-electron chi connectivity index (χ1n) is 6.17. The molecule has 0 heterocycles. The van der Waals surface area contributed by atoms with E-state index in [2.05, 4.69) is 4.72 Å². The molecule has 1 fully saturated rings. The van der Waals surface area contributed by atoms with Gasteiger partial charge in [-0.25, -0.2) is 8.42 Å². The highest BCUT2D eigenvalue weighted by Gasteiger charge is 2.18. The first-order chi connectivity index (χ1) is 8.18. The van der Waals surface area contributed by atoms with Crippen LogP contribution in [0.4, 0.5) is 0 Å². The fourth-order valence-electron chi connectivity index (χ4n) is 2.32. The Kier molecular flexibility index (Phi) is 4.18. The molecule has 0 saturated heterocycles. The van der Waals surface area contributed by atoms with Crippen molar-refractivity contribution in [1.29, 1.82) is 0 Å². The van der Waals surface area contributed by atoms with E-state index in [1.165, 1.54) is 25.7 Å². The monoisotopic (exact) mass is 252 g/mol. The second-order valence-corrected chi connectivity index (χ2v) is 6.26. The second-order valence-electron chi connectivity index (χ2n) is 4.58. The number of hydrogen-bond donors (Lipinski definition) is 0. The average molecular weight is 252 g/mol. The first kappa shape index (κ1) is 12.6. The molecule has 0 amide bonds. The summed E-state index contributed by atoms with van der Waals surface area (Å²) in [5, 5.41) is 0. The van der Waals surface area contributed by atoms with E-state index < -0.39 is 10.0 Å². The number of hydrogen-bond acceptors (Lipinski definition) is 2. The molecule has 1 saturated carbocycles. The number of sulfonamides is 1. The number of nitrogens with zero attached hydrogens (tertiary/aromatic N) is 1. The summed E-state index contributed by atoms with van der Waals surface area (Å²) < 4.78 is 27.5. The van der Waals surface area contributed by atoms with Crippen molar-refractivity contribution in [2.45, 2.75) is 37.0 Å². The van der Waals surface area contributed by atoms with E-state index >= 15 is 0 Å². The summed E-state index contributed by atoms with van der Waals surface area (Å²) in [4.78, 5) is 0.298. The SMILES string of the molecule is O=S(=O)([N]CCC1CCCC1)c1ccccc1. The molecule has 2 rings (SSSR count). The summed E-state index contributed by atoms with van der Waals surface area (Å²) in [5.41, 5.74) is 0.